The Hall–Kier alpha value is -1.84. The normalized spacial score (nSPS) is 11.3. The Morgan fingerprint density at radius 2 is 1.86 bits per heavy atom. The van der Waals surface area contributed by atoms with Gasteiger partial charge in [-0.2, -0.15) is 0 Å². The Morgan fingerprint density at radius 1 is 1.19 bits per heavy atom. The fourth-order valence-corrected chi connectivity index (χ4v) is 1.58. The zero-order valence-corrected chi connectivity index (χ0v) is 13.4. The maximum atomic E-state index is 11.8. The summed E-state index contributed by atoms with van der Waals surface area (Å²) in [6.45, 7) is 9.12. The third-order valence-electron chi connectivity index (χ3n) is 2.82. The highest BCUT2D eigenvalue weighted by atomic mass is 16.5. The Morgan fingerprint density at radius 3 is 2.43 bits per heavy atom. The van der Waals surface area contributed by atoms with Crippen LogP contribution in [-0.2, 0) is 20.7 Å². The quantitative estimate of drug-likeness (QED) is 0.756. The lowest BCUT2D eigenvalue weighted by atomic mass is 9.91. The molecule has 0 N–H and O–H groups in total. The number of hydrogen-bond donors (Lipinski definition) is 0. The zero-order valence-electron chi connectivity index (χ0n) is 13.4. The van der Waals surface area contributed by atoms with E-state index in [1.165, 1.54) is 0 Å². The first-order chi connectivity index (χ1) is 9.68. The molecule has 0 aliphatic rings. The number of carbonyl (C=O) groups is 2. The highest BCUT2D eigenvalue weighted by Gasteiger charge is 2.22. The molecule has 4 heteroatoms. The number of ketones is 1. The zero-order chi connectivity index (χ0) is 16.0. The molecule has 0 aliphatic carbocycles. The molecule has 0 fully saturated rings. The van der Waals surface area contributed by atoms with Crippen LogP contribution in [0.5, 0.6) is 5.75 Å². The summed E-state index contributed by atoms with van der Waals surface area (Å²) in [6.07, 6.45) is 0.212. The van der Waals surface area contributed by atoms with Gasteiger partial charge < -0.3 is 9.47 Å². The molecule has 1 rings (SSSR count). The van der Waals surface area contributed by atoms with Crippen molar-refractivity contribution in [2.75, 3.05) is 6.61 Å². The predicted molar refractivity (Wildman–Crippen MR) is 81.3 cm³/mol. The van der Waals surface area contributed by atoms with Gasteiger partial charge in [0.2, 0.25) is 0 Å². The minimum Gasteiger partial charge on any atom is -0.491 e. The Bertz CT molecular complexity index is 498. The third-order valence-corrected chi connectivity index (χ3v) is 2.82. The maximum absolute atomic E-state index is 11.8. The Balaban J connectivity index is 2.53. The van der Waals surface area contributed by atoms with Gasteiger partial charge in [-0.15, -0.1) is 0 Å². The fraction of sp³-hybridized carbons (Fsp3) is 0.529. The van der Waals surface area contributed by atoms with Crippen LogP contribution < -0.4 is 4.74 Å². The smallest absolute Gasteiger partial charge is 0.310 e. The molecule has 116 valence electrons. The van der Waals surface area contributed by atoms with Crippen LogP contribution in [0.2, 0.25) is 0 Å². The van der Waals surface area contributed by atoms with Gasteiger partial charge in [0.05, 0.1) is 12.5 Å². The second-order valence-electron chi connectivity index (χ2n) is 6.32. The first-order valence-electron chi connectivity index (χ1n) is 7.13. The van der Waals surface area contributed by atoms with Crippen molar-refractivity contribution in [1.82, 2.24) is 0 Å². The van der Waals surface area contributed by atoms with Gasteiger partial charge in [0.1, 0.15) is 5.75 Å². The second-order valence-corrected chi connectivity index (χ2v) is 6.32. The van der Waals surface area contributed by atoms with E-state index >= 15 is 0 Å². The number of rotatable bonds is 6. The van der Waals surface area contributed by atoms with E-state index in [0.717, 1.165) is 11.3 Å². The minimum absolute atomic E-state index is 0.0802. The van der Waals surface area contributed by atoms with E-state index in [4.69, 9.17) is 9.47 Å². The van der Waals surface area contributed by atoms with Gasteiger partial charge in [-0.1, -0.05) is 32.9 Å². The summed E-state index contributed by atoms with van der Waals surface area (Å²) in [5.74, 6) is 0.225. The highest BCUT2D eigenvalue weighted by molar-refractivity contribution is 5.86. The van der Waals surface area contributed by atoms with Crippen LogP contribution >= 0.6 is 0 Å². The highest BCUT2D eigenvalue weighted by Crippen LogP contribution is 2.17. The minimum atomic E-state index is -0.495. The van der Waals surface area contributed by atoms with E-state index < -0.39 is 11.4 Å². The molecule has 0 saturated heterocycles. The molecule has 21 heavy (non-hydrogen) atoms. The van der Waals surface area contributed by atoms with Gasteiger partial charge in [-0.25, -0.2) is 0 Å². The van der Waals surface area contributed by atoms with Gasteiger partial charge in [-0.05, 0) is 31.5 Å². The molecule has 0 bridgehead atoms. The summed E-state index contributed by atoms with van der Waals surface area (Å²) >= 11 is 0. The summed E-state index contributed by atoms with van der Waals surface area (Å²) < 4.78 is 10.6. The number of carbonyl (C=O) groups excluding carboxylic acids is 2. The van der Waals surface area contributed by atoms with Crippen LogP contribution in [-0.4, -0.2) is 24.5 Å². The topological polar surface area (TPSA) is 52.6 Å². The first-order valence-corrected chi connectivity index (χ1v) is 7.13. The molecule has 0 unspecified atom stereocenters. The average Bonchev–Trinajstić information content (AvgIpc) is 2.34. The van der Waals surface area contributed by atoms with Crippen molar-refractivity contribution in [2.45, 2.75) is 47.1 Å². The molecule has 0 aromatic heterocycles. The molecule has 4 nitrogen and oxygen atoms in total. The summed E-state index contributed by atoms with van der Waals surface area (Å²) in [7, 11) is 0. The van der Waals surface area contributed by atoms with Crippen LogP contribution in [0.4, 0.5) is 0 Å². The van der Waals surface area contributed by atoms with Crippen LogP contribution in [0, 0.1) is 5.41 Å². The van der Waals surface area contributed by atoms with Crippen molar-refractivity contribution >= 4 is 11.8 Å². The van der Waals surface area contributed by atoms with Crippen LogP contribution in [0.3, 0.4) is 0 Å². The molecule has 0 amide bonds. The molecule has 0 atom stereocenters. The lowest BCUT2D eigenvalue weighted by Crippen LogP contribution is -2.26. The van der Waals surface area contributed by atoms with Gasteiger partial charge in [0.15, 0.2) is 12.4 Å². The molecule has 0 spiro atoms. The van der Waals surface area contributed by atoms with Gasteiger partial charge in [-0.3, -0.25) is 9.59 Å². The summed E-state index contributed by atoms with van der Waals surface area (Å²) in [6, 6.07) is 7.32. The van der Waals surface area contributed by atoms with Crippen LogP contribution in [0.1, 0.15) is 40.2 Å². The van der Waals surface area contributed by atoms with Crippen molar-refractivity contribution in [3.05, 3.63) is 29.8 Å². The van der Waals surface area contributed by atoms with Crippen molar-refractivity contribution in [3.8, 4) is 5.75 Å². The van der Waals surface area contributed by atoms with E-state index in [1.807, 2.05) is 38.1 Å². The Kier molecular flexibility index (Phi) is 5.94. The summed E-state index contributed by atoms with van der Waals surface area (Å²) in [5.41, 5.74) is 0.312. The third kappa shape index (κ3) is 6.43. The van der Waals surface area contributed by atoms with Crippen molar-refractivity contribution in [1.29, 1.82) is 0 Å². The lowest BCUT2D eigenvalue weighted by molar-refractivity contribution is -0.149. The van der Waals surface area contributed by atoms with Gasteiger partial charge >= 0.3 is 5.97 Å². The van der Waals surface area contributed by atoms with Crippen LogP contribution in [0.15, 0.2) is 24.3 Å². The van der Waals surface area contributed by atoms with Crippen molar-refractivity contribution in [3.63, 3.8) is 0 Å². The molecule has 0 aliphatic heterocycles. The summed E-state index contributed by atoms with van der Waals surface area (Å²) in [4.78, 5) is 23.5. The predicted octanol–water partition coefficient (Wildman–Crippen LogP) is 3.17. The maximum Gasteiger partial charge on any atom is 0.310 e. The number of esters is 1. The average molecular weight is 292 g/mol. The number of Topliss-reactive ketones (excluding diaryl/α,β-unsaturated/α-hetero) is 1. The number of hydrogen-bond acceptors (Lipinski definition) is 4. The molecular formula is C17H24O4. The number of ether oxygens (including phenoxy) is 2. The fourth-order valence-electron chi connectivity index (χ4n) is 1.58. The molecule has 0 heterocycles. The molecule has 1 aromatic rings. The Labute approximate surface area is 126 Å². The van der Waals surface area contributed by atoms with E-state index in [0.29, 0.717) is 0 Å². The molecule has 0 saturated carbocycles. The van der Waals surface area contributed by atoms with E-state index in [1.54, 1.807) is 20.8 Å². The summed E-state index contributed by atoms with van der Waals surface area (Å²) in [5, 5.41) is 0. The first kappa shape index (κ1) is 17.2. The van der Waals surface area contributed by atoms with Crippen molar-refractivity contribution < 1.29 is 19.1 Å². The van der Waals surface area contributed by atoms with Crippen LogP contribution in [0.25, 0.3) is 0 Å². The monoisotopic (exact) mass is 292 g/mol. The van der Waals surface area contributed by atoms with Gasteiger partial charge in [0, 0.05) is 5.41 Å². The molecule has 1 aromatic carbocycles. The molecule has 0 radical (unpaired) electrons. The largest absolute Gasteiger partial charge is 0.491 e. The lowest BCUT2D eigenvalue weighted by Gasteiger charge is -2.16. The van der Waals surface area contributed by atoms with E-state index in [9.17, 15) is 9.59 Å². The SMILES string of the molecule is CC(C)Oc1cccc(CC(=O)OCC(=O)C(C)(C)C)c1. The standard InChI is InChI=1S/C17H24O4/c1-12(2)21-14-8-6-7-13(9-14)10-16(19)20-11-15(18)17(3,4)5/h6-9,12H,10-11H2,1-5H3. The van der Waals surface area contributed by atoms with Gasteiger partial charge in [0.25, 0.3) is 0 Å². The number of benzene rings is 1. The molecular weight excluding hydrogens is 268 g/mol. The van der Waals surface area contributed by atoms with Crippen molar-refractivity contribution in [2.24, 2.45) is 5.41 Å². The van der Waals surface area contributed by atoms with E-state index in [2.05, 4.69) is 0 Å². The second kappa shape index (κ2) is 7.25. The van der Waals surface area contributed by atoms with E-state index in [-0.39, 0.29) is 24.9 Å².